The van der Waals surface area contributed by atoms with Crippen molar-refractivity contribution >= 4 is 17.3 Å². The first-order valence-corrected chi connectivity index (χ1v) is 6.50. The van der Waals surface area contributed by atoms with Crippen LogP contribution in [0.15, 0.2) is 30.4 Å². The van der Waals surface area contributed by atoms with E-state index in [4.69, 9.17) is 5.73 Å². The van der Waals surface area contributed by atoms with Crippen molar-refractivity contribution in [1.82, 2.24) is 0 Å². The van der Waals surface area contributed by atoms with Crippen molar-refractivity contribution < 1.29 is 4.79 Å². The lowest BCUT2D eigenvalue weighted by atomic mass is 10.1. The van der Waals surface area contributed by atoms with E-state index in [1.54, 1.807) is 0 Å². The van der Waals surface area contributed by atoms with Gasteiger partial charge in [0.2, 0.25) is 5.91 Å². The van der Waals surface area contributed by atoms with Gasteiger partial charge in [0.15, 0.2) is 0 Å². The number of rotatable bonds is 3. The highest BCUT2D eigenvalue weighted by Gasteiger charge is 2.22. The van der Waals surface area contributed by atoms with Gasteiger partial charge in [-0.3, -0.25) is 4.79 Å². The Balaban J connectivity index is 2.09. The zero-order chi connectivity index (χ0) is 14.0. The third-order valence-electron chi connectivity index (χ3n) is 3.41. The number of anilines is 2. The van der Waals surface area contributed by atoms with Crippen molar-refractivity contribution in [3.05, 3.63) is 35.9 Å². The molecule has 0 spiro atoms. The number of hydrogen-bond acceptors (Lipinski definition) is 3. The first-order valence-electron chi connectivity index (χ1n) is 6.50. The molecular weight excluding hydrogens is 238 g/mol. The summed E-state index contributed by atoms with van der Waals surface area (Å²) in [6, 6.07) is 5.94. The summed E-state index contributed by atoms with van der Waals surface area (Å²) in [5.41, 5.74) is 8.89. The molecule has 1 aliphatic carbocycles. The van der Waals surface area contributed by atoms with E-state index in [2.05, 4.69) is 12.2 Å². The topological polar surface area (TPSA) is 58.4 Å². The maximum atomic E-state index is 12.1. The Labute approximate surface area is 114 Å². The first kappa shape index (κ1) is 13.6. The molecule has 0 radical (unpaired) electrons. The summed E-state index contributed by atoms with van der Waals surface area (Å²) in [7, 11) is 3.99. The van der Waals surface area contributed by atoms with Gasteiger partial charge in [0.05, 0.1) is 5.92 Å². The van der Waals surface area contributed by atoms with E-state index in [1.807, 2.05) is 49.3 Å². The number of amides is 1. The smallest absolute Gasteiger partial charge is 0.231 e. The fraction of sp³-hybridized carbons (Fsp3) is 0.400. The molecule has 4 nitrogen and oxygen atoms in total. The summed E-state index contributed by atoms with van der Waals surface area (Å²) >= 11 is 0. The van der Waals surface area contributed by atoms with E-state index in [0.29, 0.717) is 6.42 Å². The molecule has 0 fully saturated rings. The summed E-state index contributed by atoms with van der Waals surface area (Å²) in [6.07, 6.45) is 4.48. The predicted octanol–water partition coefficient (Wildman–Crippen LogP) is 1.90. The fourth-order valence-corrected chi connectivity index (χ4v) is 2.33. The van der Waals surface area contributed by atoms with Crippen molar-refractivity contribution in [3.63, 3.8) is 0 Å². The third kappa shape index (κ3) is 3.15. The minimum absolute atomic E-state index is 0.00565. The number of nitrogens with two attached hydrogens (primary N) is 1. The quantitative estimate of drug-likeness (QED) is 0.815. The Hall–Kier alpha value is -1.81. The van der Waals surface area contributed by atoms with Crippen LogP contribution in [-0.2, 0) is 4.79 Å². The van der Waals surface area contributed by atoms with Crippen LogP contribution < -0.4 is 16.0 Å². The SMILES string of the molecule is Cc1ccc(NC(=O)C2C=CC(N)C2)cc1N(C)C. The summed E-state index contributed by atoms with van der Waals surface area (Å²) < 4.78 is 0. The molecule has 2 atom stereocenters. The minimum atomic E-state index is -0.112. The van der Waals surface area contributed by atoms with Crippen molar-refractivity contribution in [2.45, 2.75) is 19.4 Å². The number of hydrogen-bond donors (Lipinski definition) is 2. The van der Waals surface area contributed by atoms with Crippen LogP contribution in [0.4, 0.5) is 11.4 Å². The summed E-state index contributed by atoms with van der Waals surface area (Å²) in [6.45, 7) is 2.06. The molecule has 1 aromatic rings. The molecule has 0 aromatic heterocycles. The van der Waals surface area contributed by atoms with Gasteiger partial charge in [-0.05, 0) is 31.0 Å². The van der Waals surface area contributed by atoms with Gasteiger partial charge in [0, 0.05) is 31.5 Å². The average Bonchev–Trinajstić information content (AvgIpc) is 2.78. The van der Waals surface area contributed by atoms with Crippen molar-refractivity contribution in [2.24, 2.45) is 11.7 Å². The van der Waals surface area contributed by atoms with Crippen LogP contribution in [0.2, 0.25) is 0 Å². The van der Waals surface area contributed by atoms with Crippen LogP contribution in [0, 0.1) is 12.8 Å². The molecule has 0 heterocycles. The molecule has 1 aromatic carbocycles. The lowest BCUT2D eigenvalue weighted by Crippen LogP contribution is -2.24. The molecule has 102 valence electrons. The number of carbonyl (C=O) groups excluding carboxylic acids is 1. The van der Waals surface area contributed by atoms with Gasteiger partial charge < -0.3 is 16.0 Å². The molecule has 1 aliphatic rings. The van der Waals surface area contributed by atoms with Gasteiger partial charge in [-0.25, -0.2) is 0 Å². The zero-order valence-electron chi connectivity index (χ0n) is 11.7. The summed E-state index contributed by atoms with van der Waals surface area (Å²) in [5.74, 6) is -0.100. The molecule has 0 aliphatic heterocycles. The van der Waals surface area contributed by atoms with Crippen LogP contribution in [0.5, 0.6) is 0 Å². The van der Waals surface area contributed by atoms with Crippen LogP contribution in [0.3, 0.4) is 0 Å². The highest BCUT2D eigenvalue weighted by atomic mass is 16.1. The Morgan fingerprint density at radius 3 is 2.68 bits per heavy atom. The second-order valence-corrected chi connectivity index (χ2v) is 5.28. The standard InChI is InChI=1S/C15H21N3O/c1-10-4-7-13(9-14(10)18(2)3)17-15(19)11-5-6-12(16)8-11/h4-7,9,11-12H,8,16H2,1-3H3,(H,17,19). The Bertz CT molecular complexity index is 508. The highest BCUT2D eigenvalue weighted by Crippen LogP contribution is 2.24. The molecule has 0 saturated carbocycles. The van der Waals surface area contributed by atoms with Crippen LogP contribution in [0.25, 0.3) is 0 Å². The van der Waals surface area contributed by atoms with E-state index < -0.39 is 0 Å². The lowest BCUT2D eigenvalue weighted by molar-refractivity contribution is -0.118. The van der Waals surface area contributed by atoms with Gasteiger partial charge in [0.25, 0.3) is 0 Å². The first-order chi connectivity index (χ1) is 8.97. The molecule has 19 heavy (non-hydrogen) atoms. The van der Waals surface area contributed by atoms with E-state index >= 15 is 0 Å². The van der Waals surface area contributed by atoms with E-state index in [0.717, 1.165) is 11.4 Å². The lowest BCUT2D eigenvalue weighted by Gasteiger charge is -2.18. The molecule has 1 amide bonds. The largest absolute Gasteiger partial charge is 0.377 e. The predicted molar refractivity (Wildman–Crippen MR) is 79.4 cm³/mol. The normalized spacial score (nSPS) is 21.5. The van der Waals surface area contributed by atoms with Crippen LogP contribution in [-0.4, -0.2) is 26.0 Å². The Morgan fingerprint density at radius 1 is 1.37 bits per heavy atom. The van der Waals surface area contributed by atoms with E-state index in [1.165, 1.54) is 5.56 Å². The molecule has 2 unspecified atom stereocenters. The number of aryl methyl sites for hydroxylation is 1. The fourth-order valence-electron chi connectivity index (χ4n) is 2.33. The molecule has 0 bridgehead atoms. The second-order valence-electron chi connectivity index (χ2n) is 5.28. The highest BCUT2D eigenvalue weighted by molar-refractivity contribution is 5.94. The number of nitrogens with zero attached hydrogens (tertiary/aromatic N) is 1. The molecule has 4 heteroatoms. The molecule has 0 saturated heterocycles. The molecular formula is C15H21N3O. The van der Waals surface area contributed by atoms with Crippen LogP contribution in [0.1, 0.15) is 12.0 Å². The van der Waals surface area contributed by atoms with Crippen LogP contribution >= 0.6 is 0 Å². The van der Waals surface area contributed by atoms with Gasteiger partial charge in [-0.1, -0.05) is 18.2 Å². The van der Waals surface area contributed by atoms with E-state index in [-0.39, 0.29) is 17.9 Å². The van der Waals surface area contributed by atoms with Crippen molar-refractivity contribution in [2.75, 3.05) is 24.3 Å². The number of carbonyl (C=O) groups is 1. The van der Waals surface area contributed by atoms with Gasteiger partial charge in [0.1, 0.15) is 0 Å². The van der Waals surface area contributed by atoms with Gasteiger partial charge in [-0.15, -0.1) is 0 Å². The van der Waals surface area contributed by atoms with Gasteiger partial charge in [-0.2, -0.15) is 0 Å². The maximum Gasteiger partial charge on any atom is 0.231 e. The van der Waals surface area contributed by atoms with Crippen molar-refractivity contribution in [1.29, 1.82) is 0 Å². The van der Waals surface area contributed by atoms with E-state index in [9.17, 15) is 4.79 Å². The maximum absolute atomic E-state index is 12.1. The zero-order valence-corrected chi connectivity index (χ0v) is 11.7. The monoisotopic (exact) mass is 259 g/mol. The summed E-state index contributed by atoms with van der Waals surface area (Å²) in [4.78, 5) is 14.1. The Morgan fingerprint density at radius 2 is 2.11 bits per heavy atom. The number of benzene rings is 1. The molecule has 3 N–H and O–H groups in total. The Kier molecular flexibility index (Phi) is 3.90. The second kappa shape index (κ2) is 5.45. The number of nitrogens with one attached hydrogen (secondary N) is 1. The minimum Gasteiger partial charge on any atom is -0.377 e. The third-order valence-corrected chi connectivity index (χ3v) is 3.41. The van der Waals surface area contributed by atoms with Crippen molar-refractivity contribution in [3.8, 4) is 0 Å². The average molecular weight is 259 g/mol. The molecule has 2 rings (SSSR count). The summed E-state index contributed by atoms with van der Waals surface area (Å²) in [5, 5.41) is 2.95. The van der Waals surface area contributed by atoms with Gasteiger partial charge >= 0.3 is 0 Å².